The number of aromatic amines is 1. The zero-order chi connectivity index (χ0) is 11.3. The van der Waals surface area contributed by atoms with E-state index in [-0.39, 0.29) is 0 Å². The highest BCUT2D eigenvalue weighted by molar-refractivity contribution is 6.32. The molecule has 3 rings (SSSR count). The van der Waals surface area contributed by atoms with Crippen LogP contribution in [0.5, 0.6) is 0 Å². The zero-order valence-corrected chi connectivity index (χ0v) is 10.1. The number of halogens is 1. The van der Waals surface area contributed by atoms with Gasteiger partial charge in [-0.2, -0.15) is 0 Å². The Hall–Kier alpha value is -0.990. The highest BCUT2D eigenvalue weighted by Crippen LogP contribution is 2.39. The van der Waals surface area contributed by atoms with E-state index in [9.17, 15) is 0 Å². The normalized spacial score (nSPS) is 19.3. The maximum atomic E-state index is 6.14. The minimum Gasteiger partial charge on any atom is -0.358 e. The molecule has 1 unspecified atom stereocenters. The highest BCUT2D eigenvalue weighted by Gasteiger charge is 2.26. The van der Waals surface area contributed by atoms with Gasteiger partial charge >= 0.3 is 0 Å². The van der Waals surface area contributed by atoms with Crippen LogP contribution >= 0.6 is 11.6 Å². The molecule has 1 aliphatic rings. The molecule has 0 aliphatic heterocycles. The molecular formula is C13H15ClN2. The molecule has 3 heteroatoms. The Morgan fingerprint density at radius 3 is 3.06 bits per heavy atom. The molecular weight excluding hydrogens is 220 g/mol. The molecule has 1 heterocycles. The van der Waals surface area contributed by atoms with Crippen molar-refractivity contribution >= 4 is 22.5 Å². The lowest BCUT2D eigenvalue weighted by molar-refractivity contribution is 0.675. The first-order chi connectivity index (χ1) is 7.72. The van der Waals surface area contributed by atoms with Gasteiger partial charge in [0.2, 0.25) is 0 Å². The van der Waals surface area contributed by atoms with Gasteiger partial charge in [-0.3, -0.25) is 0 Å². The summed E-state index contributed by atoms with van der Waals surface area (Å²) in [6.45, 7) is 2.79. The van der Waals surface area contributed by atoms with Crippen molar-refractivity contribution in [3.05, 3.63) is 34.0 Å². The zero-order valence-electron chi connectivity index (χ0n) is 9.31. The summed E-state index contributed by atoms with van der Waals surface area (Å²) in [6.07, 6.45) is 2.31. The molecule has 1 aromatic carbocycles. The Labute approximate surface area is 99.8 Å². The van der Waals surface area contributed by atoms with Gasteiger partial charge in [0.1, 0.15) is 0 Å². The first-order valence-electron chi connectivity index (χ1n) is 5.72. The molecule has 0 saturated carbocycles. The molecule has 1 aliphatic carbocycles. The molecule has 0 spiro atoms. The van der Waals surface area contributed by atoms with E-state index in [1.165, 1.54) is 28.6 Å². The summed E-state index contributed by atoms with van der Waals surface area (Å²) < 4.78 is 0. The van der Waals surface area contributed by atoms with Crippen LogP contribution in [0.2, 0.25) is 5.02 Å². The number of hydrogen-bond acceptors (Lipinski definition) is 1. The van der Waals surface area contributed by atoms with Crippen molar-refractivity contribution in [3.8, 4) is 0 Å². The number of nitrogens with two attached hydrogens (primary N) is 1. The number of fused-ring (bicyclic) bond motifs is 3. The second-order valence-electron chi connectivity index (χ2n) is 4.58. The van der Waals surface area contributed by atoms with E-state index in [0.29, 0.717) is 5.92 Å². The molecule has 0 saturated heterocycles. The van der Waals surface area contributed by atoms with Gasteiger partial charge in [0.05, 0.1) is 5.52 Å². The molecule has 2 nitrogen and oxygen atoms in total. The molecule has 84 valence electrons. The smallest absolute Gasteiger partial charge is 0.0503 e. The van der Waals surface area contributed by atoms with Gasteiger partial charge in [0.15, 0.2) is 0 Å². The molecule has 0 amide bonds. The summed E-state index contributed by atoms with van der Waals surface area (Å²) >= 11 is 6.14. The molecule has 0 bridgehead atoms. The lowest BCUT2D eigenvalue weighted by atomic mass is 10.1. The third kappa shape index (κ3) is 1.23. The van der Waals surface area contributed by atoms with Crippen LogP contribution in [0.3, 0.4) is 0 Å². The Morgan fingerprint density at radius 1 is 1.50 bits per heavy atom. The van der Waals surface area contributed by atoms with Crippen LogP contribution in [0.25, 0.3) is 10.9 Å². The summed E-state index contributed by atoms with van der Waals surface area (Å²) in [5.41, 5.74) is 10.9. The number of benzene rings is 1. The summed E-state index contributed by atoms with van der Waals surface area (Å²) in [4.78, 5) is 3.52. The Balaban J connectivity index is 2.30. The third-order valence-electron chi connectivity index (χ3n) is 3.74. The van der Waals surface area contributed by atoms with E-state index < -0.39 is 0 Å². The predicted molar refractivity (Wildman–Crippen MR) is 68.2 cm³/mol. The van der Waals surface area contributed by atoms with Crippen molar-refractivity contribution in [1.29, 1.82) is 0 Å². The third-order valence-corrected chi connectivity index (χ3v) is 4.15. The van der Waals surface area contributed by atoms with Crippen molar-refractivity contribution in [2.75, 3.05) is 6.54 Å². The molecule has 1 aromatic heterocycles. The van der Waals surface area contributed by atoms with Crippen LogP contribution in [0, 0.1) is 6.92 Å². The van der Waals surface area contributed by atoms with Gasteiger partial charge in [-0.25, -0.2) is 0 Å². The van der Waals surface area contributed by atoms with E-state index in [1.807, 2.05) is 6.07 Å². The van der Waals surface area contributed by atoms with Crippen molar-refractivity contribution in [2.24, 2.45) is 5.73 Å². The molecule has 3 N–H and O–H groups in total. The molecule has 0 fully saturated rings. The fourth-order valence-corrected chi connectivity index (χ4v) is 2.93. The van der Waals surface area contributed by atoms with Crippen LogP contribution < -0.4 is 5.73 Å². The minimum atomic E-state index is 0.501. The van der Waals surface area contributed by atoms with Crippen LogP contribution in [-0.4, -0.2) is 11.5 Å². The molecule has 2 aromatic rings. The van der Waals surface area contributed by atoms with Gasteiger partial charge in [0, 0.05) is 28.6 Å². The topological polar surface area (TPSA) is 41.8 Å². The Bertz CT molecular complexity index is 557. The van der Waals surface area contributed by atoms with Crippen LogP contribution in [0.15, 0.2) is 12.1 Å². The summed E-state index contributed by atoms with van der Waals surface area (Å²) in [6, 6.07) is 4.11. The van der Waals surface area contributed by atoms with E-state index in [0.717, 1.165) is 23.6 Å². The Morgan fingerprint density at radius 2 is 2.31 bits per heavy atom. The summed E-state index contributed by atoms with van der Waals surface area (Å²) in [7, 11) is 0. The van der Waals surface area contributed by atoms with E-state index >= 15 is 0 Å². The standard InChI is InChI=1S/C13H15ClN2/c1-7-11(14)5-4-9-10-3-2-8(6-15)13(10)16-12(7)9/h4-5,8,16H,2-3,6,15H2,1H3. The SMILES string of the molecule is Cc1c(Cl)ccc2c3c([nH]c12)C(CN)CC3. The first kappa shape index (κ1) is 10.2. The van der Waals surface area contributed by atoms with Gasteiger partial charge in [0.25, 0.3) is 0 Å². The largest absolute Gasteiger partial charge is 0.358 e. The van der Waals surface area contributed by atoms with Gasteiger partial charge in [-0.1, -0.05) is 17.7 Å². The fraction of sp³-hybridized carbons (Fsp3) is 0.385. The fourth-order valence-electron chi connectivity index (χ4n) is 2.77. The van der Waals surface area contributed by atoms with E-state index in [4.69, 9.17) is 17.3 Å². The Kier molecular flexibility index (Phi) is 2.23. The lowest BCUT2D eigenvalue weighted by Crippen LogP contribution is -2.09. The quantitative estimate of drug-likeness (QED) is 0.782. The second-order valence-corrected chi connectivity index (χ2v) is 4.99. The van der Waals surface area contributed by atoms with Crippen molar-refractivity contribution in [3.63, 3.8) is 0 Å². The van der Waals surface area contributed by atoms with Crippen LogP contribution in [0.1, 0.15) is 29.2 Å². The average Bonchev–Trinajstić information content (AvgIpc) is 2.82. The average molecular weight is 235 g/mol. The molecule has 0 radical (unpaired) electrons. The van der Waals surface area contributed by atoms with Crippen LogP contribution in [0.4, 0.5) is 0 Å². The van der Waals surface area contributed by atoms with Crippen molar-refractivity contribution in [2.45, 2.75) is 25.7 Å². The van der Waals surface area contributed by atoms with E-state index in [2.05, 4.69) is 18.0 Å². The highest BCUT2D eigenvalue weighted by atomic mass is 35.5. The maximum Gasteiger partial charge on any atom is 0.0503 e. The number of aromatic nitrogens is 1. The van der Waals surface area contributed by atoms with Gasteiger partial charge in [-0.05, 0) is 37.0 Å². The number of aryl methyl sites for hydroxylation is 2. The van der Waals surface area contributed by atoms with Crippen molar-refractivity contribution in [1.82, 2.24) is 4.98 Å². The number of rotatable bonds is 1. The van der Waals surface area contributed by atoms with Gasteiger partial charge < -0.3 is 10.7 Å². The monoisotopic (exact) mass is 234 g/mol. The molecule has 1 atom stereocenters. The second kappa shape index (κ2) is 3.51. The molecule has 16 heavy (non-hydrogen) atoms. The van der Waals surface area contributed by atoms with Crippen LogP contribution in [-0.2, 0) is 6.42 Å². The lowest BCUT2D eigenvalue weighted by Gasteiger charge is -2.05. The number of nitrogens with one attached hydrogen (secondary N) is 1. The van der Waals surface area contributed by atoms with Gasteiger partial charge in [-0.15, -0.1) is 0 Å². The summed E-state index contributed by atoms with van der Waals surface area (Å²) in [5, 5.41) is 2.16. The first-order valence-corrected chi connectivity index (χ1v) is 6.09. The summed E-state index contributed by atoms with van der Waals surface area (Å²) in [5.74, 6) is 0.501. The van der Waals surface area contributed by atoms with E-state index in [1.54, 1.807) is 0 Å². The predicted octanol–water partition coefficient (Wildman–Crippen LogP) is 3.12. The maximum absolute atomic E-state index is 6.14. The van der Waals surface area contributed by atoms with Crippen molar-refractivity contribution < 1.29 is 0 Å². The number of H-pyrrole nitrogens is 1. The number of hydrogen-bond donors (Lipinski definition) is 2. The minimum absolute atomic E-state index is 0.501.